The van der Waals surface area contributed by atoms with E-state index in [1.54, 1.807) is 13.3 Å². The van der Waals surface area contributed by atoms with E-state index in [0.29, 0.717) is 34.9 Å². The van der Waals surface area contributed by atoms with Crippen LogP contribution in [0.1, 0.15) is 18.4 Å². The van der Waals surface area contributed by atoms with E-state index in [9.17, 15) is 13.3 Å². The lowest BCUT2D eigenvalue weighted by Gasteiger charge is -2.31. The number of aromatic nitrogens is 4. The molecule has 0 saturated carbocycles. The fraction of sp³-hybridized carbons (Fsp3) is 0.320. The fourth-order valence-corrected chi connectivity index (χ4v) is 5.22. The second-order valence-corrected chi connectivity index (χ2v) is 10.2. The number of hydrogen-bond donors (Lipinski definition) is 3. The third-order valence-electron chi connectivity index (χ3n) is 6.35. The number of fused-ring (bicyclic) bond motifs is 1. The molecule has 0 bridgehead atoms. The molecule has 4 aromatic rings. The molecule has 0 aliphatic carbocycles. The van der Waals surface area contributed by atoms with Crippen LogP contribution in [-0.4, -0.2) is 61.5 Å². The van der Waals surface area contributed by atoms with Gasteiger partial charge in [-0.15, -0.1) is 4.31 Å². The van der Waals surface area contributed by atoms with Crippen molar-refractivity contribution in [2.75, 3.05) is 31.7 Å². The van der Waals surface area contributed by atoms with E-state index in [-0.39, 0.29) is 11.4 Å². The quantitative estimate of drug-likeness (QED) is 0.324. The molecular formula is C25H27F2N7OS. The summed E-state index contributed by atoms with van der Waals surface area (Å²) in [5, 5.41) is 13.7. The predicted molar refractivity (Wildman–Crippen MR) is 138 cm³/mol. The number of nitrogens with one attached hydrogen (secondary N) is 3. The van der Waals surface area contributed by atoms with Gasteiger partial charge in [0.2, 0.25) is 0 Å². The Morgan fingerprint density at radius 3 is 2.47 bits per heavy atom. The van der Waals surface area contributed by atoms with Crippen LogP contribution in [0.2, 0.25) is 0 Å². The summed E-state index contributed by atoms with van der Waals surface area (Å²) in [7, 11) is 1.71. The minimum absolute atomic E-state index is 0.0335. The largest absolute Gasteiger partial charge is 0.598 e. The summed E-state index contributed by atoms with van der Waals surface area (Å²) in [6.07, 6.45) is 5.05. The van der Waals surface area contributed by atoms with Gasteiger partial charge in [-0.1, -0.05) is 12.1 Å². The zero-order valence-electron chi connectivity index (χ0n) is 20.0. The van der Waals surface area contributed by atoms with Gasteiger partial charge in [0.05, 0.1) is 11.8 Å². The molecule has 0 amide bonds. The van der Waals surface area contributed by atoms with Gasteiger partial charge in [-0.2, -0.15) is 5.10 Å². The summed E-state index contributed by atoms with van der Waals surface area (Å²) in [6.45, 7) is 1.96. The first kappa shape index (κ1) is 24.6. The molecule has 2 aromatic heterocycles. The smallest absolute Gasteiger partial charge is 0.165 e. The number of anilines is 1. The van der Waals surface area contributed by atoms with Gasteiger partial charge in [-0.05, 0) is 49.7 Å². The van der Waals surface area contributed by atoms with Crippen LogP contribution in [0.5, 0.6) is 0 Å². The Hall–Kier alpha value is -3.12. The molecule has 8 nitrogen and oxygen atoms in total. The number of piperidine rings is 1. The SMILES string of the molecule is CNCc1cc(F)c(-c2ncc3[nH]nc(-c4ccc(NC5CCN([S+](C)[O-])CC5)cc4)c3n2)c(F)c1. The monoisotopic (exact) mass is 511 g/mol. The van der Waals surface area contributed by atoms with E-state index >= 15 is 0 Å². The Labute approximate surface area is 210 Å². The van der Waals surface area contributed by atoms with Crippen molar-refractivity contribution in [2.45, 2.75) is 25.4 Å². The maximum Gasteiger partial charge on any atom is 0.165 e. The molecule has 11 heteroatoms. The predicted octanol–water partition coefficient (Wildman–Crippen LogP) is 3.85. The normalized spacial score (nSPS) is 15.9. The lowest BCUT2D eigenvalue weighted by Crippen LogP contribution is -2.41. The Bertz CT molecular complexity index is 1330. The van der Waals surface area contributed by atoms with Crippen molar-refractivity contribution in [3.8, 4) is 22.6 Å². The molecular weight excluding hydrogens is 484 g/mol. The number of halogens is 2. The standard InChI is InChI=1S/C25H27F2N7OS/c1-28-13-15-11-19(26)22(20(27)12-15)25-29-14-21-24(31-25)23(33-32-21)16-3-5-17(6-4-16)30-18-7-9-34(10-8-18)36(2)35/h3-6,11-12,14,18,28,30H,7-10,13H2,1-2H3,(H,32,33). The number of aromatic amines is 1. The highest BCUT2D eigenvalue weighted by atomic mass is 32.2. The highest BCUT2D eigenvalue weighted by molar-refractivity contribution is 7.88. The Balaban J connectivity index is 1.37. The van der Waals surface area contributed by atoms with Crippen LogP contribution in [0, 0.1) is 11.6 Å². The van der Waals surface area contributed by atoms with Crippen LogP contribution < -0.4 is 10.6 Å². The topological polar surface area (TPSA) is 105 Å². The van der Waals surface area contributed by atoms with Gasteiger partial charge in [0, 0.05) is 48.3 Å². The molecule has 1 aliphatic rings. The molecule has 1 fully saturated rings. The van der Waals surface area contributed by atoms with Crippen molar-refractivity contribution in [1.82, 2.24) is 29.8 Å². The fourth-order valence-electron chi connectivity index (χ4n) is 4.50. The molecule has 3 heterocycles. The van der Waals surface area contributed by atoms with Crippen LogP contribution >= 0.6 is 0 Å². The number of nitrogens with zero attached hydrogens (tertiary/aromatic N) is 4. The molecule has 5 rings (SSSR count). The first-order valence-corrected chi connectivity index (χ1v) is 13.2. The maximum absolute atomic E-state index is 14.8. The van der Waals surface area contributed by atoms with E-state index in [1.165, 1.54) is 18.3 Å². The van der Waals surface area contributed by atoms with Crippen molar-refractivity contribution in [1.29, 1.82) is 0 Å². The Morgan fingerprint density at radius 1 is 1.14 bits per heavy atom. The molecule has 188 valence electrons. The second kappa shape index (κ2) is 10.5. The van der Waals surface area contributed by atoms with Gasteiger partial charge < -0.3 is 15.2 Å². The van der Waals surface area contributed by atoms with Crippen molar-refractivity contribution < 1.29 is 13.3 Å². The third-order valence-corrected chi connectivity index (χ3v) is 7.45. The van der Waals surface area contributed by atoms with Gasteiger partial charge in [0.15, 0.2) is 5.82 Å². The molecule has 0 spiro atoms. The second-order valence-electron chi connectivity index (χ2n) is 8.84. The van der Waals surface area contributed by atoms with Crippen molar-refractivity contribution in [3.05, 3.63) is 59.8 Å². The average Bonchev–Trinajstić information content (AvgIpc) is 3.28. The Morgan fingerprint density at radius 2 is 1.83 bits per heavy atom. The summed E-state index contributed by atoms with van der Waals surface area (Å²) >= 11 is -0.923. The highest BCUT2D eigenvalue weighted by Crippen LogP contribution is 2.30. The van der Waals surface area contributed by atoms with E-state index < -0.39 is 23.0 Å². The van der Waals surface area contributed by atoms with E-state index in [1.807, 2.05) is 28.6 Å². The number of hydrogen-bond acceptors (Lipinski definition) is 7. The zero-order chi connectivity index (χ0) is 25.2. The molecule has 0 radical (unpaired) electrons. The van der Waals surface area contributed by atoms with E-state index in [4.69, 9.17) is 0 Å². The summed E-state index contributed by atoms with van der Waals surface area (Å²) in [6, 6.07) is 10.7. The van der Waals surface area contributed by atoms with Gasteiger partial charge in [-0.25, -0.2) is 18.7 Å². The lowest BCUT2D eigenvalue weighted by atomic mass is 10.1. The molecule has 1 aliphatic heterocycles. The van der Waals surface area contributed by atoms with Crippen LogP contribution in [0.3, 0.4) is 0 Å². The molecule has 2 aromatic carbocycles. The number of benzene rings is 2. The maximum atomic E-state index is 14.8. The van der Waals surface area contributed by atoms with Crippen LogP contribution in [0.25, 0.3) is 33.7 Å². The lowest BCUT2D eigenvalue weighted by molar-refractivity contribution is 0.331. The van der Waals surface area contributed by atoms with Gasteiger partial charge in [0.1, 0.15) is 34.6 Å². The van der Waals surface area contributed by atoms with E-state index in [2.05, 4.69) is 30.8 Å². The summed E-state index contributed by atoms with van der Waals surface area (Å²) in [5.41, 5.74) is 3.67. The average molecular weight is 512 g/mol. The molecule has 1 unspecified atom stereocenters. The van der Waals surface area contributed by atoms with E-state index in [0.717, 1.165) is 37.2 Å². The third kappa shape index (κ3) is 5.05. The number of rotatable bonds is 7. The zero-order valence-corrected chi connectivity index (χ0v) is 20.8. The van der Waals surface area contributed by atoms with Gasteiger partial charge in [-0.3, -0.25) is 5.10 Å². The summed E-state index contributed by atoms with van der Waals surface area (Å²) < 4.78 is 43.2. The van der Waals surface area contributed by atoms with Crippen LogP contribution in [0.15, 0.2) is 42.6 Å². The minimum Gasteiger partial charge on any atom is -0.598 e. The van der Waals surface area contributed by atoms with Crippen LogP contribution in [-0.2, 0) is 17.9 Å². The first-order valence-electron chi connectivity index (χ1n) is 11.7. The van der Waals surface area contributed by atoms with Crippen LogP contribution in [0.4, 0.5) is 14.5 Å². The first-order chi connectivity index (χ1) is 17.4. The molecule has 1 atom stereocenters. The van der Waals surface area contributed by atoms with Gasteiger partial charge in [0.25, 0.3) is 0 Å². The number of H-pyrrole nitrogens is 1. The molecule has 36 heavy (non-hydrogen) atoms. The van der Waals surface area contributed by atoms with Crippen molar-refractivity contribution in [3.63, 3.8) is 0 Å². The van der Waals surface area contributed by atoms with Crippen molar-refractivity contribution >= 4 is 28.1 Å². The van der Waals surface area contributed by atoms with Crippen molar-refractivity contribution in [2.24, 2.45) is 0 Å². The summed E-state index contributed by atoms with van der Waals surface area (Å²) in [4.78, 5) is 8.64. The molecule has 1 saturated heterocycles. The molecule has 3 N–H and O–H groups in total. The Kier molecular flexibility index (Phi) is 7.15. The van der Waals surface area contributed by atoms with Gasteiger partial charge >= 0.3 is 0 Å². The highest BCUT2D eigenvalue weighted by Gasteiger charge is 2.24. The minimum atomic E-state index is -0.923. The summed E-state index contributed by atoms with van der Waals surface area (Å²) in [5.74, 6) is -1.46.